The average Bonchev–Trinajstić information content (AvgIpc) is 2.31. The molecule has 5 heteroatoms. The van der Waals surface area contributed by atoms with Gasteiger partial charge in [0.15, 0.2) is 0 Å². The van der Waals surface area contributed by atoms with Crippen molar-refractivity contribution < 1.29 is 14.7 Å². The monoisotopic (exact) mass is 270 g/mol. The lowest BCUT2D eigenvalue weighted by Gasteiger charge is -2.39. The fraction of sp³-hybridized carbons (Fsp3) is 0.857. The lowest BCUT2D eigenvalue weighted by atomic mass is 9.73. The predicted octanol–water partition coefficient (Wildman–Crippen LogP) is 2.51. The Morgan fingerprint density at radius 2 is 2.05 bits per heavy atom. The summed E-state index contributed by atoms with van der Waals surface area (Å²) in [7, 11) is 0. The van der Waals surface area contributed by atoms with Gasteiger partial charge in [-0.2, -0.15) is 0 Å². The summed E-state index contributed by atoms with van der Waals surface area (Å²) in [6.07, 6.45) is 5.55. The maximum Gasteiger partial charge on any atom is 0.326 e. The van der Waals surface area contributed by atoms with E-state index in [1.165, 1.54) is 6.42 Å². The van der Waals surface area contributed by atoms with Gasteiger partial charge in [0.2, 0.25) is 0 Å². The quantitative estimate of drug-likeness (QED) is 0.718. The molecule has 0 aromatic carbocycles. The van der Waals surface area contributed by atoms with Crippen molar-refractivity contribution in [1.29, 1.82) is 0 Å². The third-order valence-electron chi connectivity index (χ3n) is 3.99. The number of hydrogen-bond donors (Lipinski definition) is 3. The standard InChI is InChI=1S/C14H26N2O3/c1-4-7-10(12(17)18)15-13(19)16-11-8-5-6-9-14(11,2)3/h10-11H,4-9H2,1-3H3,(H,17,18)(H2,15,16,19). The molecule has 2 unspecified atom stereocenters. The van der Waals surface area contributed by atoms with Crippen molar-refractivity contribution in [3.05, 3.63) is 0 Å². The first-order valence-electron chi connectivity index (χ1n) is 7.16. The second-order valence-electron chi connectivity index (χ2n) is 6.08. The number of hydrogen-bond acceptors (Lipinski definition) is 2. The highest BCUT2D eigenvalue weighted by Gasteiger charge is 2.33. The van der Waals surface area contributed by atoms with E-state index in [0.717, 1.165) is 25.7 Å². The van der Waals surface area contributed by atoms with Crippen molar-refractivity contribution in [2.75, 3.05) is 0 Å². The molecule has 19 heavy (non-hydrogen) atoms. The van der Waals surface area contributed by atoms with Crippen molar-refractivity contribution in [2.45, 2.75) is 71.4 Å². The first-order chi connectivity index (χ1) is 8.86. The van der Waals surface area contributed by atoms with Crippen LogP contribution in [0, 0.1) is 5.41 Å². The van der Waals surface area contributed by atoms with Crippen LogP contribution in [0.4, 0.5) is 4.79 Å². The normalized spacial score (nSPS) is 23.4. The van der Waals surface area contributed by atoms with Gasteiger partial charge in [0, 0.05) is 6.04 Å². The molecule has 2 amide bonds. The zero-order valence-corrected chi connectivity index (χ0v) is 12.2. The molecule has 110 valence electrons. The zero-order valence-electron chi connectivity index (χ0n) is 12.2. The fourth-order valence-electron chi connectivity index (χ4n) is 2.67. The molecule has 0 aromatic heterocycles. The van der Waals surface area contributed by atoms with Crippen LogP contribution in [0.3, 0.4) is 0 Å². The molecule has 1 aliphatic carbocycles. The number of carbonyl (C=O) groups is 2. The minimum absolute atomic E-state index is 0.0824. The van der Waals surface area contributed by atoms with E-state index in [0.29, 0.717) is 6.42 Å². The van der Waals surface area contributed by atoms with Crippen molar-refractivity contribution in [1.82, 2.24) is 10.6 Å². The Hall–Kier alpha value is -1.26. The summed E-state index contributed by atoms with van der Waals surface area (Å²) in [5.41, 5.74) is 0.0824. The molecule has 0 bridgehead atoms. The number of aliphatic carboxylic acids is 1. The number of amides is 2. The molecule has 1 saturated carbocycles. The number of carbonyl (C=O) groups excluding carboxylic acids is 1. The largest absolute Gasteiger partial charge is 0.480 e. The summed E-state index contributed by atoms with van der Waals surface area (Å²) >= 11 is 0. The first-order valence-corrected chi connectivity index (χ1v) is 7.16. The molecule has 0 radical (unpaired) electrons. The smallest absolute Gasteiger partial charge is 0.326 e. The molecule has 1 rings (SSSR count). The topological polar surface area (TPSA) is 78.4 Å². The summed E-state index contributed by atoms with van der Waals surface area (Å²) < 4.78 is 0. The summed E-state index contributed by atoms with van der Waals surface area (Å²) in [5.74, 6) is -0.972. The molecule has 1 fully saturated rings. The minimum atomic E-state index is -0.972. The molecule has 2 atom stereocenters. The summed E-state index contributed by atoms with van der Waals surface area (Å²) in [6.45, 7) is 6.20. The van der Waals surface area contributed by atoms with Crippen LogP contribution in [0.25, 0.3) is 0 Å². The number of carboxylic acids is 1. The van der Waals surface area contributed by atoms with Crippen LogP contribution in [-0.2, 0) is 4.79 Å². The van der Waals surface area contributed by atoms with Gasteiger partial charge in [-0.25, -0.2) is 9.59 Å². The van der Waals surface area contributed by atoms with E-state index in [-0.39, 0.29) is 17.5 Å². The third kappa shape index (κ3) is 4.73. The van der Waals surface area contributed by atoms with Crippen LogP contribution in [0.2, 0.25) is 0 Å². The fourth-order valence-corrected chi connectivity index (χ4v) is 2.67. The van der Waals surface area contributed by atoms with E-state index < -0.39 is 12.0 Å². The Balaban J connectivity index is 2.51. The predicted molar refractivity (Wildman–Crippen MR) is 74.0 cm³/mol. The Morgan fingerprint density at radius 1 is 1.37 bits per heavy atom. The van der Waals surface area contributed by atoms with E-state index >= 15 is 0 Å². The zero-order chi connectivity index (χ0) is 14.5. The van der Waals surface area contributed by atoms with E-state index in [9.17, 15) is 9.59 Å². The van der Waals surface area contributed by atoms with Gasteiger partial charge in [0.05, 0.1) is 0 Å². The maximum absolute atomic E-state index is 11.9. The lowest BCUT2D eigenvalue weighted by molar-refractivity contribution is -0.139. The summed E-state index contributed by atoms with van der Waals surface area (Å²) in [5, 5.41) is 14.5. The molecule has 0 saturated heterocycles. The highest BCUT2D eigenvalue weighted by molar-refractivity contribution is 5.82. The second-order valence-corrected chi connectivity index (χ2v) is 6.08. The Bertz CT molecular complexity index is 329. The van der Waals surface area contributed by atoms with Gasteiger partial charge in [-0.05, 0) is 24.7 Å². The Morgan fingerprint density at radius 3 is 2.58 bits per heavy atom. The maximum atomic E-state index is 11.9. The van der Waals surface area contributed by atoms with E-state index in [1.54, 1.807) is 0 Å². The number of nitrogens with one attached hydrogen (secondary N) is 2. The molecule has 0 heterocycles. The van der Waals surface area contributed by atoms with Gasteiger partial charge in [0.1, 0.15) is 6.04 Å². The van der Waals surface area contributed by atoms with Crippen LogP contribution in [-0.4, -0.2) is 29.2 Å². The molecular formula is C14H26N2O3. The number of carboxylic acid groups (broad SMARTS) is 1. The van der Waals surface area contributed by atoms with E-state index in [1.807, 2.05) is 6.92 Å². The highest BCUT2D eigenvalue weighted by Crippen LogP contribution is 2.35. The van der Waals surface area contributed by atoms with Gasteiger partial charge >= 0.3 is 12.0 Å². The Labute approximate surface area is 115 Å². The molecule has 1 aliphatic rings. The summed E-state index contributed by atoms with van der Waals surface area (Å²) in [6, 6.07) is -1.03. The minimum Gasteiger partial charge on any atom is -0.480 e. The molecular weight excluding hydrogens is 244 g/mol. The van der Waals surface area contributed by atoms with Crippen LogP contribution < -0.4 is 10.6 Å². The van der Waals surface area contributed by atoms with Gasteiger partial charge in [-0.3, -0.25) is 0 Å². The Kier molecular flexibility index (Phi) is 5.63. The molecule has 0 aliphatic heterocycles. The molecule has 3 N–H and O–H groups in total. The first kappa shape index (κ1) is 15.8. The molecule has 0 spiro atoms. The van der Waals surface area contributed by atoms with Gasteiger partial charge in [-0.15, -0.1) is 0 Å². The second kappa shape index (κ2) is 6.78. The van der Waals surface area contributed by atoms with Crippen LogP contribution in [0.1, 0.15) is 59.3 Å². The van der Waals surface area contributed by atoms with Gasteiger partial charge in [-0.1, -0.05) is 40.0 Å². The average molecular weight is 270 g/mol. The van der Waals surface area contributed by atoms with E-state index in [4.69, 9.17) is 5.11 Å². The van der Waals surface area contributed by atoms with Crippen molar-refractivity contribution in [3.8, 4) is 0 Å². The number of urea groups is 1. The van der Waals surface area contributed by atoms with Crippen LogP contribution >= 0.6 is 0 Å². The SMILES string of the molecule is CCCC(NC(=O)NC1CCCCC1(C)C)C(=O)O. The van der Waals surface area contributed by atoms with Crippen molar-refractivity contribution in [3.63, 3.8) is 0 Å². The van der Waals surface area contributed by atoms with Crippen molar-refractivity contribution in [2.24, 2.45) is 5.41 Å². The van der Waals surface area contributed by atoms with Gasteiger partial charge in [0.25, 0.3) is 0 Å². The highest BCUT2D eigenvalue weighted by atomic mass is 16.4. The van der Waals surface area contributed by atoms with Crippen LogP contribution in [0.5, 0.6) is 0 Å². The van der Waals surface area contributed by atoms with Crippen molar-refractivity contribution >= 4 is 12.0 Å². The molecule has 5 nitrogen and oxygen atoms in total. The number of rotatable bonds is 5. The third-order valence-corrected chi connectivity index (χ3v) is 3.99. The lowest BCUT2D eigenvalue weighted by Crippen LogP contribution is -2.53. The van der Waals surface area contributed by atoms with Gasteiger partial charge < -0.3 is 15.7 Å². The molecule has 0 aromatic rings. The summed E-state index contributed by atoms with van der Waals surface area (Å²) in [4.78, 5) is 22.9. The van der Waals surface area contributed by atoms with E-state index in [2.05, 4.69) is 24.5 Å². The van der Waals surface area contributed by atoms with Crippen LogP contribution in [0.15, 0.2) is 0 Å².